The molecule has 8 aromatic carbocycles. The molecule has 1 aliphatic heterocycles. The van der Waals surface area contributed by atoms with Gasteiger partial charge in [-0.2, -0.15) is 0 Å². The summed E-state index contributed by atoms with van der Waals surface area (Å²) in [6.45, 7) is 0. The van der Waals surface area contributed by atoms with Gasteiger partial charge in [0.15, 0.2) is 0 Å². The zero-order chi connectivity index (χ0) is 40.8. The first-order chi connectivity index (χ1) is 30.7. The number of ether oxygens (including phenoxy) is 1. The lowest BCUT2D eigenvalue weighted by Gasteiger charge is -2.41. The van der Waals surface area contributed by atoms with E-state index in [1.54, 1.807) is 0 Å². The van der Waals surface area contributed by atoms with Crippen LogP contribution in [-0.2, 0) is 5.41 Å². The highest BCUT2D eigenvalue weighted by Crippen LogP contribution is 2.64. The third kappa shape index (κ3) is 5.06. The van der Waals surface area contributed by atoms with Gasteiger partial charge in [-0.1, -0.05) is 164 Å². The summed E-state index contributed by atoms with van der Waals surface area (Å²) < 4.78 is 13.0. The molecule has 62 heavy (non-hydrogen) atoms. The topological polar surface area (TPSA) is 25.6 Å². The Morgan fingerprint density at radius 1 is 0.452 bits per heavy atom. The summed E-state index contributed by atoms with van der Waals surface area (Å²) in [6.07, 6.45) is 14.0. The lowest BCUT2D eigenvalue weighted by atomic mass is 9.64. The minimum atomic E-state index is -0.535. The smallest absolute Gasteiger partial charge is 0.136 e. The van der Waals surface area contributed by atoms with Gasteiger partial charge in [-0.15, -0.1) is 0 Å². The van der Waals surface area contributed by atoms with Crippen LogP contribution in [0.1, 0.15) is 22.3 Å². The summed E-state index contributed by atoms with van der Waals surface area (Å²) in [5.74, 6) is 2.30. The van der Waals surface area contributed by atoms with Gasteiger partial charge in [-0.05, 0) is 105 Å². The number of furan rings is 1. The summed E-state index contributed by atoms with van der Waals surface area (Å²) >= 11 is 0. The number of anilines is 3. The molecule has 9 aromatic rings. The summed E-state index contributed by atoms with van der Waals surface area (Å²) in [7, 11) is 0. The molecule has 2 heterocycles. The molecule has 2 atom stereocenters. The largest absolute Gasteiger partial charge is 0.457 e. The van der Waals surface area contributed by atoms with Crippen molar-refractivity contribution in [3.05, 3.63) is 252 Å². The first kappa shape index (κ1) is 34.9. The molecule has 1 spiro atoms. The molecule has 3 nitrogen and oxygen atoms in total. The Labute approximate surface area is 360 Å². The van der Waals surface area contributed by atoms with Crippen LogP contribution in [-0.4, -0.2) is 0 Å². The zero-order valence-electron chi connectivity index (χ0n) is 33.8. The van der Waals surface area contributed by atoms with E-state index in [0.29, 0.717) is 0 Å². The maximum Gasteiger partial charge on any atom is 0.136 e. The van der Waals surface area contributed by atoms with Gasteiger partial charge in [0.05, 0.1) is 5.41 Å². The first-order valence-corrected chi connectivity index (χ1v) is 21.5. The van der Waals surface area contributed by atoms with Gasteiger partial charge in [0.2, 0.25) is 0 Å². The maximum absolute atomic E-state index is 6.68. The number of hydrogen-bond donors (Lipinski definition) is 0. The number of benzene rings is 8. The average molecular weight is 794 g/mol. The molecule has 0 bridgehead atoms. The molecule has 0 N–H and O–H groups in total. The standard InChI is InChI=1S/C59H39NO2/c1-2-13-38(14-3-1)39-25-30-42(31-26-39)60(43-32-27-41(28-33-43)46-18-12-24-56-58(46)47-17-6-9-21-53(47)61-56)44-34-36-49-48(37-44)57-45-16-5-4-15-40(45)29-35-52(57)59(49)50-19-7-10-22-54(50)62-55-23-11-8-20-51(55)59/h1-37,40,45H. The molecule has 0 fully saturated rings. The van der Waals surface area contributed by atoms with E-state index in [1.807, 2.05) is 12.1 Å². The second kappa shape index (κ2) is 13.6. The van der Waals surface area contributed by atoms with Crippen molar-refractivity contribution < 1.29 is 9.15 Å². The van der Waals surface area contributed by atoms with Gasteiger partial charge in [0.1, 0.15) is 22.7 Å². The Bertz CT molecular complexity index is 3340. The van der Waals surface area contributed by atoms with Crippen LogP contribution < -0.4 is 9.64 Å². The van der Waals surface area contributed by atoms with E-state index in [4.69, 9.17) is 9.15 Å². The Morgan fingerprint density at radius 3 is 1.85 bits per heavy atom. The highest BCUT2D eigenvalue weighted by Gasteiger charge is 2.53. The molecule has 3 aliphatic carbocycles. The molecule has 2 unspecified atom stereocenters. The van der Waals surface area contributed by atoms with Crippen molar-refractivity contribution in [1.82, 2.24) is 0 Å². The van der Waals surface area contributed by atoms with Crippen molar-refractivity contribution in [2.75, 3.05) is 4.90 Å². The van der Waals surface area contributed by atoms with E-state index in [1.165, 1.54) is 44.5 Å². The summed E-state index contributed by atoms with van der Waals surface area (Å²) in [4.78, 5) is 2.41. The molecule has 292 valence electrons. The SMILES string of the molecule is C1=CC2C=CC3=C(c4cc(N(c5ccc(-c6ccccc6)cc5)c5ccc(-c6cccc7oc8ccccc8c67)cc5)ccc4C34c3ccccc3Oc3ccccc34)C2C=C1. The Kier molecular flexibility index (Phi) is 7.65. The second-order valence-corrected chi connectivity index (χ2v) is 16.7. The Balaban J connectivity index is 1.01. The lowest BCUT2D eigenvalue weighted by Crippen LogP contribution is -2.33. The lowest BCUT2D eigenvalue weighted by molar-refractivity contribution is 0.435. The van der Waals surface area contributed by atoms with Gasteiger partial charge in [0, 0.05) is 50.8 Å². The third-order valence-corrected chi connectivity index (χ3v) is 13.5. The van der Waals surface area contributed by atoms with Crippen LogP contribution in [0.2, 0.25) is 0 Å². The fraction of sp³-hybridized carbons (Fsp3) is 0.0508. The minimum Gasteiger partial charge on any atom is -0.457 e. The number of allylic oxidation sites excluding steroid dienone is 8. The van der Waals surface area contributed by atoms with Crippen LogP contribution in [0, 0.1) is 11.8 Å². The van der Waals surface area contributed by atoms with E-state index in [0.717, 1.165) is 61.6 Å². The molecular weight excluding hydrogens is 755 g/mol. The van der Waals surface area contributed by atoms with Crippen molar-refractivity contribution in [3.63, 3.8) is 0 Å². The quantitative estimate of drug-likeness (QED) is 0.174. The van der Waals surface area contributed by atoms with Crippen molar-refractivity contribution in [2.45, 2.75) is 5.41 Å². The van der Waals surface area contributed by atoms with Crippen LogP contribution in [0.15, 0.2) is 235 Å². The molecule has 1 aromatic heterocycles. The van der Waals surface area contributed by atoms with Crippen molar-refractivity contribution in [2.24, 2.45) is 11.8 Å². The zero-order valence-corrected chi connectivity index (χ0v) is 33.8. The van der Waals surface area contributed by atoms with Crippen LogP contribution in [0.25, 0.3) is 49.8 Å². The van der Waals surface area contributed by atoms with Crippen LogP contribution in [0.3, 0.4) is 0 Å². The number of rotatable bonds is 5. The monoisotopic (exact) mass is 793 g/mol. The van der Waals surface area contributed by atoms with Crippen molar-refractivity contribution in [3.8, 4) is 33.8 Å². The third-order valence-electron chi connectivity index (χ3n) is 13.5. The van der Waals surface area contributed by atoms with Crippen LogP contribution in [0.4, 0.5) is 17.1 Å². The summed E-state index contributed by atoms with van der Waals surface area (Å²) in [6, 6.07) is 67.8. The van der Waals surface area contributed by atoms with Gasteiger partial charge in [0.25, 0.3) is 0 Å². The molecule has 4 aliphatic rings. The fourth-order valence-electron chi connectivity index (χ4n) is 10.9. The van der Waals surface area contributed by atoms with E-state index < -0.39 is 5.41 Å². The minimum absolute atomic E-state index is 0.204. The van der Waals surface area contributed by atoms with Gasteiger partial charge < -0.3 is 14.1 Å². The molecule has 0 saturated heterocycles. The van der Waals surface area contributed by atoms with Crippen molar-refractivity contribution >= 4 is 44.6 Å². The van der Waals surface area contributed by atoms with Crippen molar-refractivity contribution in [1.29, 1.82) is 0 Å². The highest BCUT2D eigenvalue weighted by atomic mass is 16.5. The van der Waals surface area contributed by atoms with E-state index in [-0.39, 0.29) is 11.8 Å². The van der Waals surface area contributed by atoms with Crippen LogP contribution >= 0.6 is 0 Å². The predicted octanol–water partition coefficient (Wildman–Crippen LogP) is 15.5. The van der Waals surface area contributed by atoms with Crippen LogP contribution in [0.5, 0.6) is 11.5 Å². The average Bonchev–Trinajstić information content (AvgIpc) is 3.87. The highest BCUT2D eigenvalue weighted by molar-refractivity contribution is 6.12. The number of fused-ring (bicyclic) bond motifs is 13. The summed E-state index contributed by atoms with van der Waals surface area (Å²) in [5.41, 5.74) is 16.9. The second-order valence-electron chi connectivity index (χ2n) is 16.7. The van der Waals surface area contributed by atoms with Gasteiger partial charge in [-0.3, -0.25) is 0 Å². The normalized spacial score (nSPS) is 17.4. The molecule has 3 heteroatoms. The Morgan fingerprint density at radius 2 is 1.08 bits per heavy atom. The maximum atomic E-state index is 6.68. The van der Waals surface area contributed by atoms with E-state index >= 15 is 0 Å². The Hall–Kier alpha value is -7.88. The fourth-order valence-corrected chi connectivity index (χ4v) is 10.9. The first-order valence-electron chi connectivity index (χ1n) is 21.5. The van der Waals surface area contributed by atoms with E-state index in [2.05, 4.69) is 217 Å². The van der Waals surface area contributed by atoms with Gasteiger partial charge in [-0.25, -0.2) is 0 Å². The molecular formula is C59H39NO2. The van der Waals surface area contributed by atoms with Gasteiger partial charge >= 0.3 is 0 Å². The number of nitrogens with zero attached hydrogens (tertiary/aromatic N) is 1. The summed E-state index contributed by atoms with van der Waals surface area (Å²) in [5, 5.41) is 2.27. The molecule has 13 rings (SSSR count). The predicted molar refractivity (Wildman–Crippen MR) is 253 cm³/mol. The van der Waals surface area contributed by atoms with E-state index in [9.17, 15) is 0 Å². The number of para-hydroxylation sites is 3. The molecule has 0 amide bonds. The number of hydrogen-bond acceptors (Lipinski definition) is 3. The molecule has 0 saturated carbocycles. The molecule has 0 radical (unpaired) electrons.